The zero-order chi connectivity index (χ0) is 14.1. The third-order valence-electron chi connectivity index (χ3n) is 3.68. The SMILES string of the molecule is Cc1cc(N2CCN(CC(C)C)CC2)n2ncnc2n1. The normalized spacial score (nSPS) is 17.3. The summed E-state index contributed by atoms with van der Waals surface area (Å²) in [5.74, 6) is 2.52. The summed E-state index contributed by atoms with van der Waals surface area (Å²) >= 11 is 0. The lowest BCUT2D eigenvalue weighted by Gasteiger charge is -2.36. The smallest absolute Gasteiger partial charge is 0.254 e. The number of hydrogen-bond acceptors (Lipinski definition) is 5. The van der Waals surface area contributed by atoms with Crippen molar-refractivity contribution < 1.29 is 0 Å². The van der Waals surface area contributed by atoms with Crippen LogP contribution in [0.15, 0.2) is 12.4 Å². The van der Waals surface area contributed by atoms with E-state index in [-0.39, 0.29) is 0 Å². The highest BCUT2D eigenvalue weighted by atomic mass is 15.4. The van der Waals surface area contributed by atoms with Gasteiger partial charge in [0.15, 0.2) is 0 Å². The van der Waals surface area contributed by atoms with E-state index >= 15 is 0 Å². The van der Waals surface area contributed by atoms with Crippen molar-refractivity contribution in [3.63, 3.8) is 0 Å². The predicted molar refractivity (Wildman–Crippen MR) is 79.0 cm³/mol. The van der Waals surface area contributed by atoms with Gasteiger partial charge >= 0.3 is 0 Å². The molecule has 0 atom stereocenters. The molecule has 6 nitrogen and oxygen atoms in total. The Morgan fingerprint density at radius 3 is 2.65 bits per heavy atom. The lowest BCUT2D eigenvalue weighted by Crippen LogP contribution is -2.48. The second-order valence-corrected chi connectivity index (χ2v) is 5.91. The van der Waals surface area contributed by atoms with Crippen LogP contribution in [0.1, 0.15) is 19.5 Å². The molecule has 3 rings (SSSR count). The summed E-state index contributed by atoms with van der Waals surface area (Å²) in [5, 5.41) is 4.29. The van der Waals surface area contributed by atoms with Gasteiger partial charge in [-0.25, -0.2) is 4.98 Å². The van der Waals surface area contributed by atoms with Crippen molar-refractivity contribution in [3.05, 3.63) is 18.1 Å². The Hall–Kier alpha value is -1.69. The highest BCUT2D eigenvalue weighted by Gasteiger charge is 2.20. The Kier molecular flexibility index (Phi) is 3.56. The average molecular weight is 274 g/mol. The van der Waals surface area contributed by atoms with E-state index in [1.54, 1.807) is 6.33 Å². The quantitative estimate of drug-likeness (QED) is 0.842. The Morgan fingerprint density at radius 2 is 1.95 bits per heavy atom. The molecule has 1 aliphatic rings. The molecule has 2 aromatic rings. The van der Waals surface area contributed by atoms with E-state index < -0.39 is 0 Å². The molecule has 0 aliphatic carbocycles. The van der Waals surface area contributed by atoms with Crippen molar-refractivity contribution in [1.29, 1.82) is 0 Å². The monoisotopic (exact) mass is 274 g/mol. The van der Waals surface area contributed by atoms with Crippen molar-refractivity contribution in [2.75, 3.05) is 37.6 Å². The topological polar surface area (TPSA) is 49.6 Å². The summed E-state index contributed by atoms with van der Waals surface area (Å²) in [5.41, 5.74) is 0.991. The number of fused-ring (bicyclic) bond motifs is 1. The van der Waals surface area contributed by atoms with E-state index in [1.165, 1.54) is 6.54 Å². The van der Waals surface area contributed by atoms with E-state index in [0.717, 1.165) is 43.6 Å². The molecule has 20 heavy (non-hydrogen) atoms. The van der Waals surface area contributed by atoms with Crippen molar-refractivity contribution in [3.8, 4) is 0 Å². The van der Waals surface area contributed by atoms with Gasteiger partial charge in [-0.15, -0.1) is 0 Å². The van der Waals surface area contributed by atoms with E-state index in [9.17, 15) is 0 Å². The molecule has 6 heteroatoms. The molecule has 1 fully saturated rings. The lowest BCUT2D eigenvalue weighted by atomic mass is 10.2. The number of rotatable bonds is 3. The van der Waals surface area contributed by atoms with Crippen LogP contribution in [0.5, 0.6) is 0 Å². The van der Waals surface area contributed by atoms with Gasteiger partial charge < -0.3 is 4.90 Å². The van der Waals surface area contributed by atoms with Gasteiger partial charge in [0.25, 0.3) is 5.78 Å². The zero-order valence-corrected chi connectivity index (χ0v) is 12.5. The van der Waals surface area contributed by atoms with Crippen LogP contribution < -0.4 is 4.90 Å². The Morgan fingerprint density at radius 1 is 1.20 bits per heavy atom. The van der Waals surface area contributed by atoms with Crippen LogP contribution in [-0.4, -0.2) is 57.2 Å². The Balaban J connectivity index is 1.78. The molecule has 0 radical (unpaired) electrons. The van der Waals surface area contributed by atoms with Crippen LogP contribution in [0.4, 0.5) is 5.82 Å². The third kappa shape index (κ3) is 2.60. The van der Waals surface area contributed by atoms with Gasteiger partial charge in [-0.1, -0.05) is 13.8 Å². The standard InChI is InChI=1S/C14H22N6/c1-11(2)9-18-4-6-19(7-5-18)13-8-12(3)17-14-15-10-16-20(13)14/h8,10-11H,4-7,9H2,1-3H3. The molecule has 108 valence electrons. The highest BCUT2D eigenvalue weighted by molar-refractivity contribution is 5.47. The molecule has 2 aromatic heterocycles. The summed E-state index contributed by atoms with van der Waals surface area (Å²) < 4.78 is 1.84. The predicted octanol–water partition coefficient (Wildman–Crippen LogP) is 1.21. The first kappa shape index (κ1) is 13.3. The number of anilines is 1. The molecular formula is C14H22N6. The van der Waals surface area contributed by atoms with E-state index in [4.69, 9.17) is 0 Å². The van der Waals surface area contributed by atoms with Crippen LogP contribution in [0.2, 0.25) is 0 Å². The molecule has 0 spiro atoms. The average Bonchev–Trinajstić information content (AvgIpc) is 2.86. The number of piperazine rings is 1. The molecule has 0 aromatic carbocycles. The van der Waals surface area contributed by atoms with Gasteiger partial charge in [-0.05, 0) is 12.8 Å². The van der Waals surface area contributed by atoms with E-state index in [0.29, 0.717) is 5.78 Å². The molecule has 3 heterocycles. The molecule has 0 unspecified atom stereocenters. The molecule has 0 bridgehead atoms. The largest absolute Gasteiger partial charge is 0.354 e. The van der Waals surface area contributed by atoms with Gasteiger partial charge in [-0.3, -0.25) is 4.90 Å². The van der Waals surface area contributed by atoms with Gasteiger partial charge in [0.1, 0.15) is 12.1 Å². The minimum atomic E-state index is 0.685. The van der Waals surface area contributed by atoms with Crippen LogP contribution in [0.25, 0.3) is 5.78 Å². The fourth-order valence-corrected chi connectivity index (χ4v) is 2.81. The van der Waals surface area contributed by atoms with Crippen LogP contribution in [0.3, 0.4) is 0 Å². The van der Waals surface area contributed by atoms with Gasteiger partial charge in [0.2, 0.25) is 0 Å². The fraction of sp³-hybridized carbons (Fsp3) is 0.643. The summed E-state index contributed by atoms with van der Waals surface area (Å²) in [6.07, 6.45) is 1.57. The first-order chi connectivity index (χ1) is 9.63. The van der Waals surface area contributed by atoms with E-state index in [2.05, 4.69) is 44.8 Å². The minimum Gasteiger partial charge on any atom is -0.354 e. The maximum atomic E-state index is 4.40. The molecular weight excluding hydrogens is 252 g/mol. The number of aromatic nitrogens is 4. The fourth-order valence-electron chi connectivity index (χ4n) is 2.81. The van der Waals surface area contributed by atoms with Crippen molar-refractivity contribution >= 4 is 11.6 Å². The zero-order valence-electron chi connectivity index (χ0n) is 12.5. The molecule has 0 N–H and O–H groups in total. The van der Waals surface area contributed by atoms with Crippen LogP contribution in [-0.2, 0) is 0 Å². The maximum Gasteiger partial charge on any atom is 0.254 e. The maximum absolute atomic E-state index is 4.40. The first-order valence-electron chi connectivity index (χ1n) is 7.28. The number of aryl methyl sites for hydroxylation is 1. The second kappa shape index (κ2) is 5.36. The Labute approximate surface area is 119 Å². The third-order valence-corrected chi connectivity index (χ3v) is 3.68. The van der Waals surface area contributed by atoms with E-state index in [1.807, 2.05) is 11.4 Å². The lowest BCUT2D eigenvalue weighted by molar-refractivity contribution is 0.230. The minimum absolute atomic E-state index is 0.685. The molecule has 0 amide bonds. The highest BCUT2D eigenvalue weighted by Crippen LogP contribution is 2.18. The summed E-state index contributed by atoms with van der Waals surface area (Å²) in [6.45, 7) is 12.0. The summed E-state index contributed by atoms with van der Waals surface area (Å²) in [6, 6.07) is 2.10. The van der Waals surface area contributed by atoms with Crippen molar-refractivity contribution in [1.82, 2.24) is 24.5 Å². The summed E-state index contributed by atoms with van der Waals surface area (Å²) in [4.78, 5) is 13.5. The summed E-state index contributed by atoms with van der Waals surface area (Å²) in [7, 11) is 0. The van der Waals surface area contributed by atoms with Gasteiger partial charge in [0, 0.05) is 44.5 Å². The number of hydrogen-bond donors (Lipinski definition) is 0. The molecule has 1 saturated heterocycles. The first-order valence-corrected chi connectivity index (χ1v) is 7.28. The van der Waals surface area contributed by atoms with Crippen LogP contribution in [0, 0.1) is 12.8 Å². The van der Waals surface area contributed by atoms with Crippen molar-refractivity contribution in [2.45, 2.75) is 20.8 Å². The van der Waals surface area contributed by atoms with Gasteiger partial charge in [0.05, 0.1) is 0 Å². The number of nitrogens with zero attached hydrogens (tertiary/aromatic N) is 6. The Bertz CT molecular complexity index is 582. The van der Waals surface area contributed by atoms with Crippen LogP contribution >= 0.6 is 0 Å². The van der Waals surface area contributed by atoms with Gasteiger partial charge in [-0.2, -0.15) is 14.6 Å². The molecule has 1 aliphatic heterocycles. The molecule has 0 saturated carbocycles. The van der Waals surface area contributed by atoms with Crippen molar-refractivity contribution in [2.24, 2.45) is 5.92 Å². The second-order valence-electron chi connectivity index (χ2n) is 5.91.